The van der Waals surface area contributed by atoms with E-state index in [1.807, 2.05) is 6.92 Å². The average Bonchev–Trinajstić information content (AvgIpc) is 2.30. The van der Waals surface area contributed by atoms with Gasteiger partial charge in [0.25, 0.3) is 0 Å². The number of carbonyl (C=O) groups excluding carboxylic acids is 1. The predicted octanol–water partition coefficient (Wildman–Crippen LogP) is 1.65. The number of hydrogen-bond acceptors (Lipinski definition) is 4. The van der Waals surface area contributed by atoms with Crippen LogP contribution < -0.4 is 10.5 Å². The summed E-state index contributed by atoms with van der Waals surface area (Å²) in [5, 5.41) is 0. The first-order chi connectivity index (χ1) is 7.69. The summed E-state index contributed by atoms with van der Waals surface area (Å²) in [4.78, 5) is 11.4. The molecular weight excluding hydrogens is 206 g/mol. The van der Waals surface area contributed by atoms with Crippen molar-refractivity contribution in [2.45, 2.75) is 19.9 Å². The molecule has 0 radical (unpaired) electrons. The third-order valence-corrected chi connectivity index (χ3v) is 2.09. The summed E-state index contributed by atoms with van der Waals surface area (Å²) >= 11 is 0. The van der Waals surface area contributed by atoms with Crippen LogP contribution in [0.3, 0.4) is 0 Å². The summed E-state index contributed by atoms with van der Waals surface area (Å²) in [5.41, 5.74) is 6.46. The van der Waals surface area contributed by atoms with Gasteiger partial charge in [0.2, 0.25) is 0 Å². The highest BCUT2D eigenvalue weighted by molar-refractivity contribution is 5.77. The number of rotatable bonds is 5. The van der Waals surface area contributed by atoms with Gasteiger partial charge in [-0.3, -0.25) is 0 Å². The van der Waals surface area contributed by atoms with Gasteiger partial charge >= 0.3 is 5.97 Å². The molecule has 1 atom stereocenters. The van der Waals surface area contributed by atoms with Crippen molar-refractivity contribution in [3.63, 3.8) is 0 Å². The molecule has 0 bridgehead atoms. The zero-order valence-corrected chi connectivity index (χ0v) is 9.60. The maximum absolute atomic E-state index is 11.4. The van der Waals surface area contributed by atoms with Crippen molar-refractivity contribution in [2.24, 2.45) is 5.73 Å². The molecule has 4 heteroatoms. The van der Waals surface area contributed by atoms with Gasteiger partial charge in [0.1, 0.15) is 11.8 Å². The van der Waals surface area contributed by atoms with Crippen LogP contribution in [0.5, 0.6) is 5.75 Å². The first kappa shape index (κ1) is 12.5. The molecule has 0 aliphatic rings. The zero-order valence-electron chi connectivity index (χ0n) is 9.60. The fourth-order valence-electron chi connectivity index (χ4n) is 1.31. The summed E-state index contributed by atoms with van der Waals surface area (Å²) < 4.78 is 10.1. The average molecular weight is 223 g/mol. The number of nitrogens with two attached hydrogens (primary N) is 1. The lowest BCUT2D eigenvalue weighted by Gasteiger charge is -2.11. The van der Waals surface area contributed by atoms with Crippen LogP contribution in [0.1, 0.15) is 25.5 Å². The minimum atomic E-state index is -0.726. The molecule has 1 unspecified atom stereocenters. The van der Waals surface area contributed by atoms with E-state index in [0.717, 1.165) is 11.3 Å². The van der Waals surface area contributed by atoms with Crippen molar-refractivity contribution in [1.82, 2.24) is 0 Å². The smallest absolute Gasteiger partial charge is 0.327 e. The minimum absolute atomic E-state index is 0.337. The number of esters is 1. The molecule has 1 aromatic carbocycles. The first-order valence-corrected chi connectivity index (χ1v) is 5.34. The Morgan fingerprint density at radius 3 is 2.38 bits per heavy atom. The molecule has 2 N–H and O–H groups in total. The summed E-state index contributed by atoms with van der Waals surface area (Å²) in [6.07, 6.45) is 0. The quantitative estimate of drug-likeness (QED) is 0.771. The molecule has 0 saturated heterocycles. The molecule has 0 amide bonds. The van der Waals surface area contributed by atoms with E-state index in [4.69, 9.17) is 15.2 Å². The number of carbonyl (C=O) groups is 1. The number of benzene rings is 1. The van der Waals surface area contributed by atoms with Crippen LogP contribution in [-0.2, 0) is 9.53 Å². The standard InChI is InChI=1S/C12H17NO3/c1-3-15-10-7-5-9(6-8-10)11(13)12(14)16-4-2/h5-8,11H,3-4,13H2,1-2H3. The van der Waals surface area contributed by atoms with E-state index in [0.29, 0.717) is 13.2 Å². The first-order valence-electron chi connectivity index (χ1n) is 5.34. The molecular formula is C12H17NO3. The highest BCUT2D eigenvalue weighted by atomic mass is 16.5. The van der Waals surface area contributed by atoms with Gasteiger partial charge in [-0.2, -0.15) is 0 Å². The Kier molecular flexibility index (Phi) is 4.79. The van der Waals surface area contributed by atoms with E-state index in [1.54, 1.807) is 31.2 Å². The fraction of sp³-hybridized carbons (Fsp3) is 0.417. The maximum Gasteiger partial charge on any atom is 0.327 e. The number of hydrogen-bond donors (Lipinski definition) is 1. The van der Waals surface area contributed by atoms with Crippen molar-refractivity contribution < 1.29 is 14.3 Å². The summed E-state index contributed by atoms with van der Waals surface area (Å²) in [6.45, 7) is 4.62. The zero-order chi connectivity index (χ0) is 12.0. The van der Waals surface area contributed by atoms with Gasteiger partial charge in [0.15, 0.2) is 0 Å². The normalized spacial score (nSPS) is 11.9. The van der Waals surface area contributed by atoms with Crippen molar-refractivity contribution in [1.29, 1.82) is 0 Å². The second kappa shape index (κ2) is 6.12. The van der Waals surface area contributed by atoms with Gasteiger partial charge in [-0.15, -0.1) is 0 Å². The van der Waals surface area contributed by atoms with E-state index >= 15 is 0 Å². The Hall–Kier alpha value is -1.55. The van der Waals surface area contributed by atoms with Gasteiger partial charge in [-0.1, -0.05) is 12.1 Å². The highest BCUT2D eigenvalue weighted by Crippen LogP contribution is 2.17. The van der Waals surface area contributed by atoms with Crippen molar-refractivity contribution in [2.75, 3.05) is 13.2 Å². The number of ether oxygens (including phenoxy) is 2. The maximum atomic E-state index is 11.4. The van der Waals surface area contributed by atoms with E-state index in [9.17, 15) is 4.79 Å². The Bertz CT molecular complexity index is 335. The van der Waals surface area contributed by atoms with Crippen LogP contribution >= 0.6 is 0 Å². The minimum Gasteiger partial charge on any atom is -0.494 e. The second-order valence-electron chi connectivity index (χ2n) is 3.23. The summed E-state index contributed by atoms with van der Waals surface area (Å²) in [6, 6.07) is 6.39. The lowest BCUT2D eigenvalue weighted by atomic mass is 10.1. The molecule has 1 rings (SSSR count). The Labute approximate surface area is 95.3 Å². The third kappa shape index (κ3) is 3.24. The molecule has 0 aromatic heterocycles. The van der Waals surface area contributed by atoms with E-state index < -0.39 is 12.0 Å². The van der Waals surface area contributed by atoms with Crippen LogP contribution in [0.4, 0.5) is 0 Å². The van der Waals surface area contributed by atoms with Crippen LogP contribution in [0.2, 0.25) is 0 Å². The van der Waals surface area contributed by atoms with Crippen LogP contribution in [0.15, 0.2) is 24.3 Å². The van der Waals surface area contributed by atoms with Gasteiger partial charge in [0, 0.05) is 0 Å². The molecule has 0 aliphatic carbocycles. The van der Waals surface area contributed by atoms with Crippen LogP contribution in [0, 0.1) is 0 Å². The van der Waals surface area contributed by atoms with E-state index in [-0.39, 0.29) is 0 Å². The molecule has 0 saturated carbocycles. The summed E-state index contributed by atoms with van der Waals surface area (Å²) in [5.74, 6) is 0.356. The molecule has 16 heavy (non-hydrogen) atoms. The van der Waals surface area contributed by atoms with Crippen molar-refractivity contribution in [3.8, 4) is 5.75 Å². The van der Waals surface area contributed by atoms with Gasteiger partial charge in [-0.25, -0.2) is 4.79 Å². The summed E-state index contributed by atoms with van der Waals surface area (Å²) in [7, 11) is 0. The monoisotopic (exact) mass is 223 g/mol. The molecule has 1 aromatic rings. The molecule has 4 nitrogen and oxygen atoms in total. The van der Waals surface area contributed by atoms with E-state index in [2.05, 4.69) is 0 Å². The predicted molar refractivity (Wildman–Crippen MR) is 61.2 cm³/mol. The molecule has 0 fully saturated rings. The Morgan fingerprint density at radius 1 is 1.25 bits per heavy atom. The SMILES string of the molecule is CCOC(=O)C(N)c1ccc(OCC)cc1. The molecule has 0 aliphatic heterocycles. The van der Waals surface area contributed by atoms with Crippen LogP contribution in [0.25, 0.3) is 0 Å². The lowest BCUT2D eigenvalue weighted by molar-refractivity contribution is -0.144. The Balaban J connectivity index is 2.69. The third-order valence-electron chi connectivity index (χ3n) is 2.09. The fourth-order valence-corrected chi connectivity index (χ4v) is 1.31. The largest absolute Gasteiger partial charge is 0.494 e. The molecule has 0 spiro atoms. The topological polar surface area (TPSA) is 61.5 Å². The highest BCUT2D eigenvalue weighted by Gasteiger charge is 2.16. The molecule has 0 heterocycles. The lowest BCUT2D eigenvalue weighted by Crippen LogP contribution is -2.23. The van der Waals surface area contributed by atoms with Gasteiger partial charge < -0.3 is 15.2 Å². The molecule has 88 valence electrons. The Morgan fingerprint density at radius 2 is 1.88 bits per heavy atom. The van der Waals surface area contributed by atoms with Crippen molar-refractivity contribution in [3.05, 3.63) is 29.8 Å². The van der Waals surface area contributed by atoms with Crippen LogP contribution in [-0.4, -0.2) is 19.2 Å². The van der Waals surface area contributed by atoms with Crippen molar-refractivity contribution >= 4 is 5.97 Å². The van der Waals surface area contributed by atoms with E-state index in [1.165, 1.54) is 0 Å². The van der Waals surface area contributed by atoms with Gasteiger partial charge in [0.05, 0.1) is 13.2 Å². The second-order valence-corrected chi connectivity index (χ2v) is 3.23. The van der Waals surface area contributed by atoms with Gasteiger partial charge in [-0.05, 0) is 31.5 Å².